The molecule has 7 nitrogen and oxygen atoms in total. The van der Waals surface area contributed by atoms with Crippen molar-refractivity contribution in [3.8, 4) is 0 Å². The molecule has 0 aliphatic carbocycles. The first-order valence-corrected chi connectivity index (χ1v) is 8.80. The van der Waals surface area contributed by atoms with Crippen molar-refractivity contribution in [2.75, 3.05) is 41.8 Å². The molecule has 0 bridgehead atoms. The van der Waals surface area contributed by atoms with Gasteiger partial charge in [0.25, 0.3) is 0 Å². The lowest BCUT2D eigenvalue weighted by atomic mass is 10.3. The van der Waals surface area contributed by atoms with Gasteiger partial charge < -0.3 is 20.3 Å². The third kappa shape index (κ3) is 6.12. The molecule has 1 aliphatic rings. The number of morpholine rings is 1. The standard InChI is InChI=1S/C19H18F2N6O.2ClH/c20-13-1-5-15(6-2-13)22-17-24-18(23-16-7-3-14(21)4-8-16)26-19(25-17)27-9-11-28-12-10-27;;/h1-8H,9-12H2,(H2,22,23,24,25,26);2*1H. The predicted octanol–water partition coefficient (Wildman–Crippen LogP) is 4.32. The Labute approximate surface area is 184 Å². The Hall–Kier alpha value is -2.75. The summed E-state index contributed by atoms with van der Waals surface area (Å²) in [5.74, 6) is 0.468. The summed E-state index contributed by atoms with van der Waals surface area (Å²) in [6.07, 6.45) is 0. The lowest BCUT2D eigenvalue weighted by molar-refractivity contribution is 0.122. The maximum atomic E-state index is 13.1. The molecule has 1 fully saturated rings. The van der Waals surface area contributed by atoms with Crippen LogP contribution in [0.1, 0.15) is 0 Å². The first kappa shape index (κ1) is 23.5. The summed E-state index contributed by atoms with van der Waals surface area (Å²) in [7, 11) is 0. The minimum absolute atomic E-state index is 0. The highest BCUT2D eigenvalue weighted by atomic mass is 35.5. The molecule has 1 aliphatic heterocycles. The van der Waals surface area contributed by atoms with E-state index in [2.05, 4.69) is 25.6 Å². The van der Waals surface area contributed by atoms with Crippen molar-refractivity contribution in [2.24, 2.45) is 0 Å². The molecule has 2 aromatic carbocycles. The summed E-state index contributed by atoms with van der Waals surface area (Å²) in [4.78, 5) is 15.3. The number of nitrogens with one attached hydrogen (secondary N) is 2. The quantitative estimate of drug-likeness (QED) is 0.591. The van der Waals surface area contributed by atoms with Crippen LogP contribution in [0.3, 0.4) is 0 Å². The molecule has 0 unspecified atom stereocenters. The number of ether oxygens (including phenoxy) is 1. The first-order chi connectivity index (χ1) is 13.7. The van der Waals surface area contributed by atoms with Gasteiger partial charge in [0.1, 0.15) is 11.6 Å². The smallest absolute Gasteiger partial charge is 0.233 e. The third-order valence-electron chi connectivity index (χ3n) is 4.12. The molecule has 11 heteroatoms. The Morgan fingerprint density at radius 3 is 1.57 bits per heavy atom. The Balaban J connectivity index is 0.00000160. The molecule has 4 rings (SSSR count). The van der Waals surface area contributed by atoms with Gasteiger partial charge in [-0.3, -0.25) is 0 Å². The topological polar surface area (TPSA) is 75.2 Å². The molecular weight excluding hydrogens is 437 g/mol. The Morgan fingerprint density at radius 1 is 0.700 bits per heavy atom. The largest absolute Gasteiger partial charge is 0.378 e. The Bertz CT molecular complexity index is 875. The molecule has 3 aromatic rings. The fraction of sp³-hybridized carbons (Fsp3) is 0.211. The number of hydrogen-bond acceptors (Lipinski definition) is 7. The van der Waals surface area contributed by atoms with Gasteiger partial charge in [0.05, 0.1) is 13.2 Å². The maximum Gasteiger partial charge on any atom is 0.233 e. The van der Waals surface area contributed by atoms with Gasteiger partial charge in [0.15, 0.2) is 0 Å². The summed E-state index contributed by atoms with van der Waals surface area (Å²) in [5, 5.41) is 6.12. The molecule has 1 saturated heterocycles. The van der Waals surface area contributed by atoms with Crippen LogP contribution < -0.4 is 15.5 Å². The number of hydrogen-bond donors (Lipinski definition) is 2. The summed E-state index contributed by atoms with van der Waals surface area (Å²) in [6.45, 7) is 2.51. The van der Waals surface area contributed by atoms with Gasteiger partial charge >= 0.3 is 0 Å². The average molecular weight is 457 g/mol. The molecule has 0 atom stereocenters. The van der Waals surface area contributed by atoms with E-state index in [1.165, 1.54) is 24.3 Å². The molecule has 2 heterocycles. The van der Waals surface area contributed by atoms with E-state index in [4.69, 9.17) is 4.74 Å². The van der Waals surface area contributed by atoms with Gasteiger partial charge in [0, 0.05) is 24.5 Å². The molecule has 2 N–H and O–H groups in total. The molecule has 160 valence electrons. The minimum Gasteiger partial charge on any atom is -0.378 e. The molecule has 0 radical (unpaired) electrons. The molecule has 0 saturated carbocycles. The van der Waals surface area contributed by atoms with Crippen LogP contribution in [0.4, 0.5) is 38.0 Å². The van der Waals surface area contributed by atoms with Crippen molar-refractivity contribution >= 4 is 54.0 Å². The van der Waals surface area contributed by atoms with Crippen molar-refractivity contribution in [3.63, 3.8) is 0 Å². The van der Waals surface area contributed by atoms with Crippen LogP contribution in [0, 0.1) is 11.6 Å². The van der Waals surface area contributed by atoms with Crippen LogP contribution in [-0.4, -0.2) is 41.3 Å². The van der Waals surface area contributed by atoms with Crippen molar-refractivity contribution in [2.45, 2.75) is 0 Å². The van der Waals surface area contributed by atoms with Crippen molar-refractivity contribution < 1.29 is 13.5 Å². The molecule has 0 spiro atoms. The van der Waals surface area contributed by atoms with Gasteiger partial charge in [-0.1, -0.05) is 0 Å². The normalized spacial score (nSPS) is 13.1. The predicted molar refractivity (Wildman–Crippen MR) is 117 cm³/mol. The van der Waals surface area contributed by atoms with E-state index in [1.54, 1.807) is 24.3 Å². The van der Waals surface area contributed by atoms with Gasteiger partial charge in [-0.2, -0.15) is 15.0 Å². The number of nitrogens with zero attached hydrogens (tertiary/aromatic N) is 4. The van der Waals surface area contributed by atoms with Crippen LogP contribution in [0.2, 0.25) is 0 Å². The zero-order chi connectivity index (χ0) is 19.3. The summed E-state index contributed by atoms with van der Waals surface area (Å²) in [6, 6.07) is 11.8. The lowest BCUT2D eigenvalue weighted by Gasteiger charge is -2.27. The van der Waals surface area contributed by atoms with Crippen LogP contribution in [0.15, 0.2) is 48.5 Å². The number of benzene rings is 2. The Morgan fingerprint density at radius 2 is 1.13 bits per heavy atom. The number of anilines is 5. The third-order valence-corrected chi connectivity index (χ3v) is 4.12. The monoisotopic (exact) mass is 456 g/mol. The van der Waals surface area contributed by atoms with E-state index in [9.17, 15) is 8.78 Å². The second kappa shape index (κ2) is 10.9. The van der Waals surface area contributed by atoms with E-state index in [0.29, 0.717) is 55.5 Å². The molecule has 30 heavy (non-hydrogen) atoms. The number of aromatic nitrogens is 3. The lowest BCUT2D eigenvalue weighted by Crippen LogP contribution is -2.37. The van der Waals surface area contributed by atoms with E-state index in [0.717, 1.165) is 0 Å². The fourth-order valence-electron chi connectivity index (χ4n) is 2.71. The average Bonchev–Trinajstić information content (AvgIpc) is 2.72. The molecule has 1 aromatic heterocycles. The SMILES string of the molecule is Cl.Cl.Fc1ccc(Nc2nc(Nc3ccc(F)cc3)nc(N3CCOCC3)n2)cc1. The van der Waals surface area contributed by atoms with Crippen LogP contribution in [-0.2, 0) is 4.74 Å². The van der Waals surface area contributed by atoms with E-state index >= 15 is 0 Å². The van der Waals surface area contributed by atoms with Crippen molar-refractivity contribution in [3.05, 3.63) is 60.2 Å². The molecule has 0 amide bonds. The highest BCUT2D eigenvalue weighted by Gasteiger charge is 2.17. The minimum atomic E-state index is -0.325. The maximum absolute atomic E-state index is 13.1. The van der Waals surface area contributed by atoms with Gasteiger partial charge in [-0.25, -0.2) is 8.78 Å². The van der Waals surface area contributed by atoms with Gasteiger partial charge in [0.2, 0.25) is 17.8 Å². The van der Waals surface area contributed by atoms with E-state index < -0.39 is 0 Å². The van der Waals surface area contributed by atoms with Gasteiger partial charge in [-0.15, -0.1) is 24.8 Å². The van der Waals surface area contributed by atoms with Crippen LogP contribution in [0.25, 0.3) is 0 Å². The molecular formula is C19H20Cl2F2N6O. The fourth-order valence-corrected chi connectivity index (χ4v) is 2.71. The number of rotatable bonds is 5. The van der Waals surface area contributed by atoms with Crippen LogP contribution >= 0.6 is 24.8 Å². The van der Waals surface area contributed by atoms with E-state index in [-0.39, 0.29) is 36.4 Å². The second-order valence-electron chi connectivity index (χ2n) is 6.15. The highest BCUT2D eigenvalue weighted by molar-refractivity contribution is 5.85. The number of halogens is 4. The Kier molecular flexibility index (Phi) is 8.52. The second-order valence-corrected chi connectivity index (χ2v) is 6.15. The zero-order valence-corrected chi connectivity index (χ0v) is 17.3. The van der Waals surface area contributed by atoms with Crippen molar-refractivity contribution in [1.82, 2.24) is 15.0 Å². The van der Waals surface area contributed by atoms with Gasteiger partial charge in [-0.05, 0) is 48.5 Å². The summed E-state index contributed by atoms with van der Waals surface area (Å²) >= 11 is 0. The summed E-state index contributed by atoms with van der Waals surface area (Å²) < 4.78 is 31.7. The van der Waals surface area contributed by atoms with Crippen molar-refractivity contribution in [1.29, 1.82) is 0 Å². The van der Waals surface area contributed by atoms with E-state index in [1.807, 2.05) is 4.90 Å². The zero-order valence-electron chi connectivity index (χ0n) is 15.7. The highest BCUT2D eigenvalue weighted by Crippen LogP contribution is 2.21. The first-order valence-electron chi connectivity index (χ1n) is 8.80. The van der Waals surface area contributed by atoms with Crippen LogP contribution in [0.5, 0.6) is 0 Å². The summed E-state index contributed by atoms with van der Waals surface area (Å²) in [5.41, 5.74) is 1.29.